The van der Waals surface area contributed by atoms with Crippen molar-refractivity contribution in [3.05, 3.63) is 24.7 Å². The molecule has 0 unspecified atom stereocenters. The van der Waals surface area contributed by atoms with Crippen LogP contribution in [0, 0.1) is 0 Å². The van der Waals surface area contributed by atoms with Gasteiger partial charge in [0.25, 0.3) is 0 Å². The van der Waals surface area contributed by atoms with Crippen molar-refractivity contribution in [1.82, 2.24) is 25.1 Å². The molecule has 20 heavy (non-hydrogen) atoms. The van der Waals surface area contributed by atoms with Gasteiger partial charge in [-0.1, -0.05) is 11.8 Å². The molecular weight excluding hydrogens is 278 g/mol. The zero-order valence-corrected chi connectivity index (χ0v) is 12.1. The monoisotopic (exact) mass is 293 g/mol. The Morgan fingerprint density at radius 3 is 3.00 bits per heavy atom. The smallest absolute Gasteiger partial charge is 0.230 e. The summed E-state index contributed by atoms with van der Waals surface area (Å²) in [6.45, 7) is 2.50. The van der Waals surface area contributed by atoms with E-state index in [2.05, 4.69) is 20.5 Å². The first-order valence-corrected chi connectivity index (χ1v) is 7.03. The molecule has 2 rings (SSSR count). The van der Waals surface area contributed by atoms with E-state index in [9.17, 15) is 4.79 Å². The second-order valence-electron chi connectivity index (χ2n) is 3.78. The van der Waals surface area contributed by atoms with E-state index in [0.29, 0.717) is 23.3 Å². The van der Waals surface area contributed by atoms with Crippen LogP contribution in [-0.4, -0.2) is 45.1 Å². The average Bonchev–Trinajstić information content (AvgIpc) is 2.94. The fourth-order valence-electron chi connectivity index (χ4n) is 1.51. The molecule has 0 aromatic carbocycles. The van der Waals surface area contributed by atoms with Crippen LogP contribution in [0.4, 0.5) is 0 Å². The largest absolute Gasteiger partial charge is 0.481 e. The summed E-state index contributed by atoms with van der Waals surface area (Å²) in [5.41, 5.74) is 0.814. The molecule has 0 saturated carbocycles. The van der Waals surface area contributed by atoms with E-state index in [-0.39, 0.29) is 5.91 Å². The predicted molar refractivity (Wildman–Crippen MR) is 75.1 cm³/mol. The number of methoxy groups -OCH3 is 1. The number of aromatic nitrogens is 4. The number of carbonyl (C=O) groups excluding carboxylic acids is 1. The van der Waals surface area contributed by atoms with Gasteiger partial charge in [0.05, 0.1) is 24.7 Å². The van der Waals surface area contributed by atoms with Gasteiger partial charge in [-0.2, -0.15) is 0 Å². The van der Waals surface area contributed by atoms with E-state index in [0.717, 1.165) is 5.69 Å². The first-order valence-electron chi connectivity index (χ1n) is 6.04. The molecule has 0 bridgehead atoms. The second-order valence-corrected chi connectivity index (χ2v) is 4.73. The molecular formula is C12H15N5O2S. The Bertz CT molecular complexity index is 569. The number of ether oxygens (including phenoxy) is 1. The molecule has 106 valence electrons. The number of nitrogens with one attached hydrogen (secondary N) is 1. The summed E-state index contributed by atoms with van der Waals surface area (Å²) >= 11 is 1.32. The van der Waals surface area contributed by atoms with Gasteiger partial charge in [0.2, 0.25) is 11.8 Å². The topological polar surface area (TPSA) is 81.9 Å². The SMILES string of the molecule is CCNC(=O)CSc1nncn1-c1ccc(OC)nc1. The summed E-state index contributed by atoms with van der Waals surface area (Å²) < 4.78 is 6.79. The molecule has 7 nitrogen and oxygen atoms in total. The van der Waals surface area contributed by atoms with Crippen molar-refractivity contribution in [2.24, 2.45) is 0 Å². The molecule has 1 N–H and O–H groups in total. The minimum Gasteiger partial charge on any atom is -0.481 e. The summed E-state index contributed by atoms with van der Waals surface area (Å²) in [5, 5.41) is 11.2. The predicted octanol–water partition coefficient (Wildman–Crippen LogP) is 0.899. The van der Waals surface area contributed by atoms with Crippen LogP contribution in [0.3, 0.4) is 0 Å². The van der Waals surface area contributed by atoms with Crippen LogP contribution >= 0.6 is 11.8 Å². The Balaban J connectivity index is 2.09. The number of hydrogen-bond acceptors (Lipinski definition) is 6. The summed E-state index contributed by atoms with van der Waals surface area (Å²) in [6.07, 6.45) is 3.25. The number of rotatable bonds is 6. The number of thioether (sulfide) groups is 1. The van der Waals surface area contributed by atoms with Gasteiger partial charge in [0.15, 0.2) is 5.16 Å². The van der Waals surface area contributed by atoms with Gasteiger partial charge < -0.3 is 10.1 Å². The molecule has 0 atom stereocenters. The van der Waals surface area contributed by atoms with Crippen LogP contribution in [0.25, 0.3) is 5.69 Å². The average molecular weight is 293 g/mol. The van der Waals surface area contributed by atoms with Crippen molar-refractivity contribution >= 4 is 17.7 Å². The zero-order valence-electron chi connectivity index (χ0n) is 11.2. The molecule has 0 spiro atoms. The third kappa shape index (κ3) is 3.47. The van der Waals surface area contributed by atoms with E-state index in [1.807, 2.05) is 13.0 Å². The molecule has 0 fully saturated rings. The maximum atomic E-state index is 11.5. The van der Waals surface area contributed by atoms with Crippen molar-refractivity contribution < 1.29 is 9.53 Å². The number of carbonyl (C=O) groups is 1. The van der Waals surface area contributed by atoms with Crippen LogP contribution in [-0.2, 0) is 4.79 Å². The van der Waals surface area contributed by atoms with E-state index in [1.54, 1.807) is 30.3 Å². The van der Waals surface area contributed by atoms with E-state index in [4.69, 9.17) is 4.74 Å². The first kappa shape index (κ1) is 14.3. The standard InChI is InChI=1S/C12H15N5O2S/c1-3-13-10(18)7-20-12-16-15-8-17(12)9-4-5-11(19-2)14-6-9/h4-6,8H,3,7H2,1-2H3,(H,13,18). The lowest BCUT2D eigenvalue weighted by Gasteiger charge is -2.06. The van der Waals surface area contributed by atoms with Crippen molar-refractivity contribution in [2.75, 3.05) is 19.4 Å². The van der Waals surface area contributed by atoms with Gasteiger partial charge in [-0.3, -0.25) is 9.36 Å². The molecule has 2 aromatic rings. The Morgan fingerprint density at radius 2 is 2.35 bits per heavy atom. The highest BCUT2D eigenvalue weighted by Crippen LogP contribution is 2.19. The minimum atomic E-state index is -0.0279. The number of pyridine rings is 1. The van der Waals surface area contributed by atoms with Crippen LogP contribution in [0.2, 0.25) is 0 Å². The highest BCUT2D eigenvalue weighted by Gasteiger charge is 2.10. The van der Waals surface area contributed by atoms with Crippen LogP contribution < -0.4 is 10.1 Å². The van der Waals surface area contributed by atoms with Crippen LogP contribution in [0.1, 0.15) is 6.92 Å². The summed E-state index contributed by atoms with van der Waals surface area (Å²) in [6, 6.07) is 3.61. The number of nitrogens with zero attached hydrogens (tertiary/aromatic N) is 4. The Hall–Kier alpha value is -2.09. The van der Waals surface area contributed by atoms with Crippen molar-refractivity contribution in [3.8, 4) is 11.6 Å². The molecule has 8 heteroatoms. The lowest BCUT2D eigenvalue weighted by atomic mass is 10.4. The van der Waals surface area contributed by atoms with Gasteiger partial charge in [0.1, 0.15) is 6.33 Å². The molecule has 0 radical (unpaired) electrons. The number of amides is 1. The van der Waals surface area contributed by atoms with Gasteiger partial charge in [-0.15, -0.1) is 10.2 Å². The third-order valence-corrected chi connectivity index (χ3v) is 3.37. The van der Waals surface area contributed by atoms with Gasteiger partial charge in [0, 0.05) is 12.6 Å². The Morgan fingerprint density at radius 1 is 1.50 bits per heavy atom. The van der Waals surface area contributed by atoms with Gasteiger partial charge in [-0.05, 0) is 13.0 Å². The lowest BCUT2D eigenvalue weighted by molar-refractivity contribution is -0.118. The summed E-state index contributed by atoms with van der Waals surface area (Å²) in [7, 11) is 1.56. The third-order valence-electron chi connectivity index (χ3n) is 2.43. The minimum absolute atomic E-state index is 0.0279. The Kier molecular flexibility index (Phi) is 4.94. The number of hydrogen-bond donors (Lipinski definition) is 1. The van der Waals surface area contributed by atoms with Crippen molar-refractivity contribution in [1.29, 1.82) is 0 Å². The molecule has 0 aliphatic carbocycles. The van der Waals surface area contributed by atoms with Crippen molar-refractivity contribution in [2.45, 2.75) is 12.1 Å². The normalized spacial score (nSPS) is 10.3. The highest BCUT2D eigenvalue weighted by molar-refractivity contribution is 7.99. The molecule has 0 aliphatic rings. The molecule has 0 saturated heterocycles. The van der Waals surface area contributed by atoms with Gasteiger partial charge in [-0.25, -0.2) is 4.98 Å². The second kappa shape index (κ2) is 6.90. The van der Waals surface area contributed by atoms with Gasteiger partial charge >= 0.3 is 0 Å². The van der Waals surface area contributed by atoms with Crippen LogP contribution in [0.15, 0.2) is 29.8 Å². The zero-order chi connectivity index (χ0) is 14.4. The van der Waals surface area contributed by atoms with Crippen molar-refractivity contribution in [3.63, 3.8) is 0 Å². The van der Waals surface area contributed by atoms with Crippen LogP contribution in [0.5, 0.6) is 5.88 Å². The molecule has 0 aliphatic heterocycles. The molecule has 1 amide bonds. The lowest BCUT2D eigenvalue weighted by Crippen LogP contribution is -2.24. The van der Waals surface area contributed by atoms with E-state index >= 15 is 0 Å². The molecule has 2 heterocycles. The van der Waals surface area contributed by atoms with E-state index < -0.39 is 0 Å². The first-order chi connectivity index (χ1) is 9.74. The maximum Gasteiger partial charge on any atom is 0.230 e. The highest BCUT2D eigenvalue weighted by atomic mass is 32.2. The summed E-state index contributed by atoms with van der Waals surface area (Å²) in [4.78, 5) is 15.6. The quantitative estimate of drug-likeness (QED) is 0.797. The summed E-state index contributed by atoms with van der Waals surface area (Å²) in [5.74, 6) is 0.814. The maximum absolute atomic E-state index is 11.5. The Labute approximate surface area is 120 Å². The fraction of sp³-hybridized carbons (Fsp3) is 0.333. The molecule has 2 aromatic heterocycles. The fourth-order valence-corrected chi connectivity index (χ4v) is 2.27. The van der Waals surface area contributed by atoms with E-state index in [1.165, 1.54) is 11.8 Å².